The van der Waals surface area contributed by atoms with Gasteiger partial charge in [-0.2, -0.15) is 11.8 Å². The van der Waals surface area contributed by atoms with Crippen LogP contribution in [0.5, 0.6) is 0 Å². The molecule has 2 rings (SSSR count). The molecule has 1 aromatic rings. The van der Waals surface area contributed by atoms with Crippen LogP contribution in [-0.2, 0) is 10.8 Å². The van der Waals surface area contributed by atoms with Crippen molar-refractivity contribution >= 4 is 34.3 Å². The van der Waals surface area contributed by atoms with Gasteiger partial charge in [0.2, 0.25) is 0 Å². The van der Waals surface area contributed by atoms with Crippen LogP contribution in [0.15, 0.2) is 29.2 Å². The van der Waals surface area contributed by atoms with Crippen molar-refractivity contribution < 1.29 is 9.00 Å². The molecular weight excluding hydrogens is 316 g/mol. The Morgan fingerprint density at radius 3 is 2.73 bits per heavy atom. The lowest BCUT2D eigenvalue weighted by atomic mass is 10.2. The highest BCUT2D eigenvalue weighted by molar-refractivity contribution is 7.99. The number of anilines is 1. The van der Waals surface area contributed by atoms with E-state index in [9.17, 15) is 9.00 Å². The molecule has 0 aliphatic carbocycles. The molecule has 4 nitrogen and oxygen atoms in total. The van der Waals surface area contributed by atoms with Crippen LogP contribution < -0.4 is 5.32 Å². The van der Waals surface area contributed by atoms with Crippen molar-refractivity contribution in [1.82, 2.24) is 4.90 Å². The summed E-state index contributed by atoms with van der Waals surface area (Å²) in [5.41, 5.74) is 0.753. The second kappa shape index (κ2) is 8.58. The van der Waals surface area contributed by atoms with E-state index in [1.807, 2.05) is 28.8 Å². The summed E-state index contributed by atoms with van der Waals surface area (Å²) >= 11 is 1.94. The number of hydrogen-bond donors (Lipinski definition) is 1. The van der Waals surface area contributed by atoms with Gasteiger partial charge in [-0.25, -0.2) is 4.79 Å². The van der Waals surface area contributed by atoms with E-state index in [0.717, 1.165) is 35.8 Å². The lowest BCUT2D eigenvalue weighted by Gasteiger charge is -2.24. The summed E-state index contributed by atoms with van der Waals surface area (Å²) in [5, 5.41) is 3.49. The number of amides is 2. The van der Waals surface area contributed by atoms with Gasteiger partial charge in [0.1, 0.15) is 0 Å². The molecule has 2 atom stereocenters. The fourth-order valence-electron chi connectivity index (χ4n) is 2.59. The molecule has 1 N–H and O–H groups in total. The highest BCUT2D eigenvalue weighted by Crippen LogP contribution is 2.22. The van der Waals surface area contributed by atoms with Crippen molar-refractivity contribution in [3.63, 3.8) is 0 Å². The van der Waals surface area contributed by atoms with Gasteiger partial charge in [0.25, 0.3) is 0 Å². The second-order valence-corrected chi connectivity index (χ2v) is 8.38. The van der Waals surface area contributed by atoms with Crippen LogP contribution in [-0.4, -0.2) is 45.5 Å². The molecule has 0 saturated carbocycles. The summed E-state index contributed by atoms with van der Waals surface area (Å²) in [7, 11) is -0.990. The summed E-state index contributed by atoms with van der Waals surface area (Å²) in [6.07, 6.45) is 5.11. The summed E-state index contributed by atoms with van der Waals surface area (Å²) in [4.78, 5) is 15.1. The van der Waals surface area contributed by atoms with Crippen LogP contribution in [0.2, 0.25) is 0 Å². The number of hydrogen-bond acceptors (Lipinski definition) is 3. The molecule has 122 valence electrons. The molecule has 22 heavy (non-hydrogen) atoms. The van der Waals surface area contributed by atoms with Gasteiger partial charge in [0, 0.05) is 46.0 Å². The van der Waals surface area contributed by atoms with Gasteiger partial charge >= 0.3 is 6.03 Å². The van der Waals surface area contributed by atoms with Crippen LogP contribution in [0.4, 0.5) is 10.5 Å². The molecule has 1 heterocycles. The van der Waals surface area contributed by atoms with Crippen molar-refractivity contribution in [2.24, 2.45) is 0 Å². The van der Waals surface area contributed by atoms with E-state index in [1.165, 1.54) is 12.8 Å². The Kier molecular flexibility index (Phi) is 6.76. The average molecular weight is 341 g/mol. The van der Waals surface area contributed by atoms with Gasteiger partial charge in [0.15, 0.2) is 0 Å². The Balaban J connectivity index is 1.96. The van der Waals surface area contributed by atoms with Gasteiger partial charge in [-0.3, -0.25) is 4.21 Å². The number of nitrogens with zero attached hydrogens (tertiary/aromatic N) is 1. The Hall–Kier alpha value is -1.01. The van der Waals surface area contributed by atoms with Crippen LogP contribution in [0, 0.1) is 0 Å². The average Bonchev–Trinajstić information content (AvgIpc) is 2.74. The summed E-state index contributed by atoms with van der Waals surface area (Å²) in [5.74, 6) is 1.09. The van der Waals surface area contributed by atoms with Crippen LogP contribution in [0.1, 0.15) is 26.2 Å². The van der Waals surface area contributed by atoms with Crippen molar-refractivity contribution in [2.75, 3.05) is 30.4 Å². The number of likely N-dealkylation sites (tertiary alicyclic amines) is 1. The third-order valence-corrected chi connectivity index (χ3v) is 5.88. The van der Waals surface area contributed by atoms with Crippen molar-refractivity contribution in [3.05, 3.63) is 24.3 Å². The van der Waals surface area contributed by atoms with E-state index in [0.29, 0.717) is 5.25 Å². The Bertz CT molecular complexity index is 519. The number of benzene rings is 1. The number of rotatable bonds is 4. The third-order valence-electron chi connectivity index (χ3n) is 3.76. The highest BCUT2D eigenvalue weighted by atomic mass is 32.2. The number of carbonyl (C=O) groups excluding carboxylic acids is 1. The summed E-state index contributed by atoms with van der Waals surface area (Å²) in [6, 6.07) is 7.18. The first-order valence-corrected chi connectivity index (χ1v) is 10.3. The maximum absolute atomic E-state index is 12.4. The van der Waals surface area contributed by atoms with Crippen LogP contribution in [0.3, 0.4) is 0 Å². The zero-order valence-corrected chi connectivity index (χ0v) is 14.8. The van der Waals surface area contributed by atoms with E-state index in [-0.39, 0.29) is 6.03 Å². The maximum Gasteiger partial charge on any atom is 0.321 e. The molecule has 2 amide bonds. The molecule has 1 aromatic carbocycles. The Morgan fingerprint density at radius 2 is 2.09 bits per heavy atom. The van der Waals surface area contributed by atoms with E-state index in [4.69, 9.17) is 0 Å². The van der Waals surface area contributed by atoms with Gasteiger partial charge in [0.05, 0.1) is 0 Å². The molecule has 6 heteroatoms. The number of thioether (sulfide) groups is 1. The normalized spacial score (nSPS) is 20.3. The lowest BCUT2D eigenvalue weighted by molar-refractivity contribution is 0.214. The Labute approximate surface area is 139 Å². The molecule has 0 spiro atoms. The lowest BCUT2D eigenvalue weighted by Crippen LogP contribution is -2.38. The highest BCUT2D eigenvalue weighted by Gasteiger charge is 2.21. The minimum Gasteiger partial charge on any atom is -0.323 e. The van der Waals surface area contributed by atoms with Crippen molar-refractivity contribution in [3.8, 4) is 0 Å². The minimum atomic E-state index is -0.990. The van der Waals surface area contributed by atoms with E-state index in [2.05, 4.69) is 12.2 Å². The second-order valence-electron chi connectivity index (χ2n) is 5.43. The molecule has 1 fully saturated rings. The zero-order chi connectivity index (χ0) is 15.9. The van der Waals surface area contributed by atoms with E-state index >= 15 is 0 Å². The zero-order valence-electron chi connectivity index (χ0n) is 13.2. The topological polar surface area (TPSA) is 49.4 Å². The van der Waals surface area contributed by atoms with Crippen molar-refractivity contribution in [1.29, 1.82) is 0 Å². The fraction of sp³-hybridized carbons (Fsp3) is 0.562. The number of nitrogens with one attached hydrogen (secondary N) is 1. The predicted octanol–water partition coefficient (Wildman–Crippen LogP) is 3.56. The first-order chi connectivity index (χ1) is 10.6. The first-order valence-electron chi connectivity index (χ1n) is 7.71. The molecule has 1 saturated heterocycles. The monoisotopic (exact) mass is 340 g/mol. The molecule has 0 unspecified atom stereocenters. The first kappa shape index (κ1) is 17.3. The maximum atomic E-state index is 12.4. The van der Waals surface area contributed by atoms with Crippen LogP contribution in [0.25, 0.3) is 0 Å². The quantitative estimate of drug-likeness (QED) is 0.912. The predicted molar refractivity (Wildman–Crippen MR) is 95.1 cm³/mol. The standard InChI is InChI=1S/C16H24N2O2S2/c1-3-21-14-6-4-5-11-18(12-14)16(19)17-13-7-9-15(10-8-13)22(2)20/h7-10,14H,3-6,11-12H2,1-2H3,(H,17,19)/t14-,22-/m1/s1. The van der Waals surface area contributed by atoms with Gasteiger partial charge in [-0.05, 0) is 42.9 Å². The molecule has 0 bridgehead atoms. The van der Waals surface area contributed by atoms with Gasteiger partial charge < -0.3 is 10.2 Å². The fourth-order valence-corrected chi connectivity index (χ4v) is 4.20. The van der Waals surface area contributed by atoms with E-state index in [1.54, 1.807) is 18.4 Å². The number of carbonyl (C=O) groups is 1. The largest absolute Gasteiger partial charge is 0.323 e. The summed E-state index contributed by atoms with van der Waals surface area (Å²) in [6.45, 7) is 3.81. The van der Waals surface area contributed by atoms with Gasteiger partial charge in [-0.1, -0.05) is 13.3 Å². The number of urea groups is 1. The summed E-state index contributed by atoms with van der Waals surface area (Å²) < 4.78 is 11.4. The van der Waals surface area contributed by atoms with Crippen molar-refractivity contribution in [2.45, 2.75) is 36.3 Å². The molecular formula is C16H24N2O2S2. The SMILES string of the molecule is CCS[C@@H]1CCCCN(C(=O)Nc2ccc([S@@](C)=O)cc2)C1. The van der Waals surface area contributed by atoms with E-state index < -0.39 is 10.8 Å². The Morgan fingerprint density at radius 1 is 1.36 bits per heavy atom. The molecule has 0 radical (unpaired) electrons. The smallest absolute Gasteiger partial charge is 0.321 e. The molecule has 1 aliphatic heterocycles. The van der Waals surface area contributed by atoms with Crippen LogP contribution >= 0.6 is 11.8 Å². The third kappa shape index (κ3) is 5.02. The molecule has 1 aliphatic rings. The molecule has 0 aromatic heterocycles. The minimum absolute atomic E-state index is 0.0334. The van der Waals surface area contributed by atoms with Gasteiger partial charge in [-0.15, -0.1) is 0 Å².